The summed E-state index contributed by atoms with van der Waals surface area (Å²) in [5.41, 5.74) is 1.26. The van der Waals surface area contributed by atoms with Gasteiger partial charge in [-0.15, -0.1) is 0 Å². The highest BCUT2D eigenvalue weighted by atomic mass is 16.5. The molecule has 0 bridgehead atoms. The van der Waals surface area contributed by atoms with E-state index in [9.17, 15) is 9.59 Å². The summed E-state index contributed by atoms with van der Waals surface area (Å²) in [6, 6.07) is 8.58. The van der Waals surface area contributed by atoms with E-state index in [4.69, 9.17) is 4.52 Å². The van der Waals surface area contributed by atoms with E-state index in [1.165, 1.54) is 0 Å². The van der Waals surface area contributed by atoms with Crippen LogP contribution in [0.15, 0.2) is 47.2 Å². The van der Waals surface area contributed by atoms with E-state index in [1.807, 2.05) is 13.1 Å². The van der Waals surface area contributed by atoms with Gasteiger partial charge in [0.1, 0.15) is 0 Å². The van der Waals surface area contributed by atoms with E-state index in [0.29, 0.717) is 23.8 Å². The summed E-state index contributed by atoms with van der Waals surface area (Å²) in [6.07, 6.45) is 7.12. The Hall–Kier alpha value is -3.49. The third-order valence-corrected chi connectivity index (χ3v) is 5.20. The zero-order valence-corrected chi connectivity index (χ0v) is 16.8. The molecule has 1 aromatic carbocycles. The van der Waals surface area contributed by atoms with E-state index in [-0.39, 0.29) is 24.4 Å². The number of amides is 2. The Morgan fingerprint density at radius 1 is 1.20 bits per heavy atom. The number of rotatable bonds is 5. The minimum atomic E-state index is -0.275. The molecule has 1 aliphatic rings. The summed E-state index contributed by atoms with van der Waals surface area (Å²) < 4.78 is 7.08. The summed E-state index contributed by atoms with van der Waals surface area (Å²) in [4.78, 5) is 31.5. The van der Waals surface area contributed by atoms with E-state index < -0.39 is 0 Å². The van der Waals surface area contributed by atoms with Crippen LogP contribution in [0.5, 0.6) is 0 Å². The van der Waals surface area contributed by atoms with Gasteiger partial charge in [-0.25, -0.2) is 0 Å². The first-order valence-electron chi connectivity index (χ1n) is 10.1. The lowest BCUT2D eigenvalue weighted by atomic mass is 10.1. The maximum Gasteiger partial charge on any atom is 0.261 e. The van der Waals surface area contributed by atoms with Crippen LogP contribution >= 0.6 is 0 Å². The van der Waals surface area contributed by atoms with Crippen LogP contribution in [0, 0.1) is 0 Å². The Bertz CT molecular complexity index is 1010. The third kappa shape index (κ3) is 4.40. The van der Waals surface area contributed by atoms with E-state index in [0.717, 1.165) is 31.2 Å². The van der Waals surface area contributed by atoms with Gasteiger partial charge in [-0.3, -0.25) is 14.3 Å². The number of aromatic nitrogens is 4. The molecule has 156 valence electrons. The van der Waals surface area contributed by atoms with Gasteiger partial charge in [0, 0.05) is 25.4 Å². The molecule has 0 saturated carbocycles. The summed E-state index contributed by atoms with van der Waals surface area (Å²) in [6.45, 7) is 0.527. The van der Waals surface area contributed by atoms with E-state index >= 15 is 0 Å². The van der Waals surface area contributed by atoms with Crippen molar-refractivity contribution in [1.82, 2.24) is 30.1 Å². The third-order valence-electron chi connectivity index (χ3n) is 5.20. The summed E-state index contributed by atoms with van der Waals surface area (Å²) >= 11 is 0. The van der Waals surface area contributed by atoms with Gasteiger partial charge in [-0.1, -0.05) is 36.2 Å². The fourth-order valence-electron chi connectivity index (χ4n) is 3.64. The molecule has 30 heavy (non-hydrogen) atoms. The minimum absolute atomic E-state index is 0.0719. The zero-order chi connectivity index (χ0) is 20.9. The lowest BCUT2D eigenvalue weighted by Crippen LogP contribution is -2.42. The van der Waals surface area contributed by atoms with Crippen molar-refractivity contribution in [3.05, 3.63) is 54.1 Å². The molecule has 1 fully saturated rings. The monoisotopic (exact) mass is 408 g/mol. The number of hydrogen-bond donors (Lipinski definition) is 1. The summed E-state index contributed by atoms with van der Waals surface area (Å²) in [5.74, 6) is 0.443. The van der Waals surface area contributed by atoms with Gasteiger partial charge in [0.15, 0.2) is 5.82 Å². The largest absolute Gasteiger partial charge is 0.343 e. The fourth-order valence-corrected chi connectivity index (χ4v) is 3.64. The van der Waals surface area contributed by atoms with Crippen LogP contribution in [-0.2, 0) is 11.8 Å². The van der Waals surface area contributed by atoms with Crippen LogP contribution in [0.4, 0.5) is 0 Å². The van der Waals surface area contributed by atoms with Crippen LogP contribution in [0.3, 0.4) is 0 Å². The van der Waals surface area contributed by atoms with Crippen molar-refractivity contribution in [3.63, 3.8) is 0 Å². The van der Waals surface area contributed by atoms with Gasteiger partial charge in [0.2, 0.25) is 5.91 Å². The molecule has 9 heteroatoms. The Labute approximate surface area is 174 Å². The average molecular weight is 408 g/mol. The molecule has 1 aliphatic heterocycles. The Morgan fingerprint density at radius 3 is 2.80 bits per heavy atom. The zero-order valence-electron chi connectivity index (χ0n) is 16.8. The Balaban J connectivity index is 1.47. The molecule has 3 heterocycles. The molecule has 1 saturated heterocycles. The number of carbonyl (C=O) groups is 2. The number of aryl methyl sites for hydroxylation is 1. The molecule has 2 aromatic heterocycles. The molecule has 2 amide bonds. The van der Waals surface area contributed by atoms with Crippen molar-refractivity contribution >= 4 is 11.8 Å². The predicted molar refractivity (Wildman–Crippen MR) is 108 cm³/mol. The Kier molecular flexibility index (Phi) is 5.87. The highest BCUT2D eigenvalue weighted by Crippen LogP contribution is 2.30. The lowest BCUT2D eigenvalue weighted by molar-refractivity contribution is -0.132. The number of hydrogen-bond acceptors (Lipinski definition) is 6. The second-order valence-electron chi connectivity index (χ2n) is 7.36. The Morgan fingerprint density at radius 2 is 2.03 bits per heavy atom. The van der Waals surface area contributed by atoms with Gasteiger partial charge in [-0.2, -0.15) is 10.1 Å². The minimum Gasteiger partial charge on any atom is -0.343 e. The van der Waals surface area contributed by atoms with E-state index in [1.54, 1.807) is 46.2 Å². The first-order chi connectivity index (χ1) is 14.6. The van der Waals surface area contributed by atoms with Crippen molar-refractivity contribution in [2.45, 2.75) is 31.7 Å². The summed E-state index contributed by atoms with van der Waals surface area (Å²) in [7, 11) is 1.82. The molecular weight excluding hydrogens is 384 g/mol. The molecule has 1 atom stereocenters. The predicted octanol–water partition coefficient (Wildman–Crippen LogP) is 2.34. The first-order valence-corrected chi connectivity index (χ1v) is 10.1. The molecule has 0 radical (unpaired) electrons. The van der Waals surface area contributed by atoms with Crippen LogP contribution in [-0.4, -0.2) is 49.7 Å². The van der Waals surface area contributed by atoms with Crippen LogP contribution in [0.2, 0.25) is 0 Å². The number of nitrogens with one attached hydrogen (secondary N) is 1. The molecule has 0 aliphatic carbocycles. The molecule has 4 rings (SSSR count). The number of carbonyl (C=O) groups excluding carboxylic acids is 2. The molecule has 1 unspecified atom stereocenters. The van der Waals surface area contributed by atoms with Crippen molar-refractivity contribution in [1.29, 1.82) is 0 Å². The molecule has 1 N–H and O–H groups in total. The lowest BCUT2D eigenvalue weighted by Gasteiger charge is -2.28. The standard InChI is InChI=1S/C21H24N6O3/c1-26-14-16(12-23-26)21-24-19(25-30-21)17-10-6-3-7-11-27(17)18(28)13-22-20(29)15-8-4-2-5-9-15/h2,4-5,8-9,12,14,17H,3,6-7,10-11,13H2,1H3,(H,22,29). The molecule has 0 spiro atoms. The fraction of sp³-hybridized carbons (Fsp3) is 0.381. The maximum absolute atomic E-state index is 13.0. The van der Waals surface area contributed by atoms with Crippen molar-refractivity contribution in [2.24, 2.45) is 7.05 Å². The molecule has 3 aromatic rings. The summed E-state index contributed by atoms with van der Waals surface area (Å²) in [5, 5.41) is 11.0. The van der Waals surface area contributed by atoms with Crippen LogP contribution in [0.1, 0.15) is 47.9 Å². The highest BCUT2D eigenvalue weighted by molar-refractivity contribution is 5.96. The highest BCUT2D eigenvalue weighted by Gasteiger charge is 2.30. The number of nitrogens with zero attached hydrogens (tertiary/aromatic N) is 5. The SMILES string of the molecule is Cn1cc(-c2nc(C3CCCCCN3C(=O)CNC(=O)c3ccccc3)no2)cn1. The quantitative estimate of drug-likeness (QED) is 0.695. The smallest absolute Gasteiger partial charge is 0.261 e. The van der Waals surface area contributed by atoms with Gasteiger partial charge >= 0.3 is 0 Å². The van der Waals surface area contributed by atoms with Crippen molar-refractivity contribution in [2.75, 3.05) is 13.1 Å². The molecular formula is C21H24N6O3. The molecule has 9 nitrogen and oxygen atoms in total. The van der Waals surface area contributed by atoms with Gasteiger partial charge in [0.25, 0.3) is 11.8 Å². The first kappa shape index (κ1) is 19.8. The van der Waals surface area contributed by atoms with Gasteiger partial charge in [0.05, 0.1) is 24.3 Å². The average Bonchev–Trinajstić information content (AvgIpc) is 3.35. The van der Waals surface area contributed by atoms with Crippen molar-refractivity contribution < 1.29 is 14.1 Å². The normalized spacial score (nSPS) is 16.8. The van der Waals surface area contributed by atoms with E-state index in [2.05, 4.69) is 20.6 Å². The number of likely N-dealkylation sites (tertiary alicyclic amines) is 1. The number of benzene rings is 1. The van der Waals surface area contributed by atoms with Crippen LogP contribution in [0.25, 0.3) is 11.5 Å². The second kappa shape index (κ2) is 8.89. The van der Waals surface area contributed by atoms with Gasteiger partial charge < -0.3 is 14.7 Å². The van der Waals surface area contributed by atoms with Crippen molar-refractivity contribution in [3.8, 4) is 11.5 Å². The second-order valence-corrected chi connectivity index (χ2v) is 7.36. The van der Waals surface area contributed by atoms with Gasteiger partial charge in [-0.05, 0) is 25.0 Å². The van der Waals surface area contributed by atoms with Crippen LogP contribution < -0.4 is 5.32 Å². The topological polar surface area (TPSA) is 106 Å². The maximum atomic E-state index is 13.0.